The van der Waals surface area contributed by atoms with Crippen LogP contribution in [0.3, 0.4) is 0 Å². The van der Waals surface area contributed by atoms with Crippen molar-refractivity contribution in [3.05, 3.63) is 83.7 Å². The van der Waals surface area contributed by atoms with Gasteiger partial charge in [-0.1, -0.05) is 17.3 Å². The van der Waals surface area contributed by atoms with Gasteiger partial charge in [0, 0.05) is 16.8 Å². The van der Waals surface area contributed by atoms with Crippen LogP contribution in [-0.2, 0) is 10.3 Å². The number of nitrogens with zero attached hydrogens (tertiary/aromatic N) is 1. The van der Waals surface area contributed by atoms with Crippen LogP contribution in [0.2, 0.25) is 0 Å². The van der Waals surface area contributed by atoms with Gasteiger partial charge in [-0.2, -0.15) is 0 Å². The second-order valence-electron chi connectivity index (χ2n) is 7.82. The molecule has 1 atom stereocenters. The smallest absolute Gasteiger partial charge is 0.322 e. The van der Waals surface area contributed by atoms with Crippen molar-refractivity contribution in [3.63, 3.8) is 0 Å². The lowest BCUT2D eigenvalue weighted by Crippen LogP contribution is -2.40. The third-order valence-electron chi connectivity index (χ3n) is 5.59. The summed E-state index contributed by atoms with van der Waals surface area (Å²) in [7, 11) is 0. The molecule has 1 aliphatic heterocycles. The molecule has 0 radical (unpaired) electrons. The molecule has 5 rings (SSSR count). The van der Waals surface area contributed by atoms with Gasteiger partial charge in [-0.25, -0.2) is 9.18 Å². The monoisotopic (exact) mass is 444 g/mol. The molecule has 33 heavy (non-hydrogen) atoms. The van der Waals surface area contributed by atoms with Crippen LogP contribution in [0.1, 0.15) is 22.8 Å². The number of rotatable bonds is 4. The zero-order valence-corrected chi connectivity index (χ0v) is 17.3. The average Bonchev–Trinajstić information content (AvgIpc) is 3.34. The van der Waals surface area contributed by atoms with E-state index in [0.29, 0.717) is 39.0 Å². The lowest BCUT2D eigenvalue weighted by molar-refractivity contribution is -0.123. The number of hydrogen-bond acceptors (Lipinski definition) is 5. The van der Waals surface area contributed by atoms with Crippen molar-refractivity contribution in [2.24, 2.45) is 0 Å². The molecule has 4 aromatic rings. The van der Waals surface area contributed by atoms with Crippen LogP contribution in [0.4, 0.5) is 14.9 Å². The summed E-state index contributed by atoms with van der Waals surface area (Å²) in [5.74, 6) is -0.793. The van der Waals surface area contributed by atoms with Gasteiger partial charge in [-0.15, -0.1) is 0 Å². The third kappa shape index (κ3) is 3.59. The Bertz CT molecular complexity index is 1430. The van der Waals surface area contributed by atoms with E-state index in [2.05, 4.69) is 21.1 Å². The standard InChI is InChI=1S/C24H17FN4O4/c1-24(22(31)27-23(32)28-24)15-3-2-4-17(12-15)26-21(30)14-7-10-19-18(11-14)20(33-29-19)13-5-8-16(25)9-6-13/h2-12H,1H3,(H,26,30)(H2,27,28,31,32). The molecule has 164 valence electrons. The number of nitrogens with one attached hydrogen (secondary N) is 3. The first-order valence-corrected chi connectivity index (χ1v) is 10.0. The highest BCUT2D eigenvalue weighted by Crippen LogP contribution is 2.30. The fourth-order valence-corrected chi connectivity index (χ4v) is 3.75. The van der Waals surface area contributed by atoms with Gasteiger partial charge in [0.25, 0.3) is 11.8 Å². The maximum atomic E-state index is 13.3. The Hall–Kier alpha value is -4.53. The van der Waals surface area contributed by atoms with E-state index in [9.17, 15) is 18.8 Å². The summed E-state index contributed by atoms with van der Waals surface area (Å²) in [6.07, 6.45) is 0. The van der Waals surface area contributed by atoms with Crippen molar-refractivity contribution < 1.29 is 23.3 Å². The maximum absolute atomic E-state index is 13.3. The number of imide groups is 1. The van der Waals surface area contributed by atoms with E-state index in [1.807, 2.05) is 0 Å². The first kappa shape index (κ1) is 20.4. The molecule has 8 nitrogen and oxygen atoms in total. The van der Waals surface area contributed by atoms with Crippen LogP contribution in [0, 0.1) is 5.82 Å². The summed E-state index contributed by atoms with van der Waals surface area (Å²) >= 11 is 0. The molecule has 0 bridgehead atoms. The van der Waals surface area contributed by atoms with Crippen molar-refractivity contribution in [1.29, 1.82) is 0 Å². The van der Waals surface area contributed by atoms with E-state index in [4.69, 9.17) is 4.52 Å². The number of benzene rings is 3. The van der Waals surface area contributed by atoms with Crippen LogP contribution in [0.25, 0.3) is 22.2 Å². The van der Waals surface area contributed by atoms with E-state index in [1.165, 1.54) is 12.1 Å². The molecule has 3 aromatic carbocycles. The molecule has 9 heteroatoms. The topological polar surface area (TPSA) is 113 Å². The summed E-state index contributed by atoms with van der Waals surface area (Å²) in [6.45, 7) is 1.59. The first-order valence-electron chi connectivity index (χ1n) is 10.0. The fourth-order valence-electron chi connectivity index (χ4n) is 3.75. The number of urea groups is 1. The summed E-state index contributed by atoms with van der Waals surface area (Å²) < 4.78 is 18.7. The van der Waals surface area contributed by atoms with Gasteiger partial charge in [-0.3, -0.25) is 14.9 Å². The molecule has 0 saturated carbocycles. The number of carbonyl (C=O) groups excluding carboxylic acids is 3. The van der Waals surface area contributed by atoms with Crippen molar-refractivity contribution in [1.82, 2.24) is 15.8 Å². The zero-order chi connectivity index (χ0) is 23.2. The number of fused-ring (bicyclic) bond motifs is 1. The normalized spacial score (nSPS) is 17.6. The summed E-state index contributed by atoms with van der Waals surface area (Å²) in [4.78, 5) is 36.7. The minimum atomic E-state index is -1.23. The van der Waals surface area contributed by atoms with Gasteiger partial charge in [0.15, 0.2) is 5.76 Å². The SMILES string of the molecule is CC1(c2cccc(NC(=O)c3ccc4noc(-c5ccc(F)cc5)c4c3)c2)NC(=O)NC1=O. The molecular weight excluding hydrogens is 427 g/mol. The molecule has 0 aliphatic carbocycles. The summed E-state index contributed by atoms with van der Waals surface area (Å²) in [6, 6.07) is 16.8. The molecular formula is C24H17FN4O4. The quantitative estimate of drug-likeness (QED) is 0.413. The van der Waals surface area contributed by atoms with Crippen LogP contribution in [0.15, 0.2) is 71.3 Å². The summed E-state index contributed by atoms with van der Waals surface area (Å²) in [5.41, 5.74) is 1.30. The van der Waals surface area contributed by atoms with Crippen molar-refractivity contribution in [3.8, 4) is 11.3 Å². The first-order chi connectivity index (χ1) is 15.8. The maximum Gasteiger partial charge on any atom is 0.322 e. The molecule has 1 aliphatic rings. The predicted octanol–water partition coefficient (Wildman–Crippen LogP) is 3.94. The van der Waals surface area contributed by atoms with Crippen LogP contribution in [0.5, 0.6) is 0 Å². The summed E-state index contributed by atoms with van der Waals surface area (Å²) in [5, 5.41) is 12.2. The van der Waals surface area contributed by atoms with Crippen LogP contribution < -0.4 is 16.0 Å². The van der Waals surface area contributed by atoms with Gasteiger partial charge in [0.1, 0.15) is 16.9 Å². The molecule has 1 aromatic heterocycles. The highest BCUT2D eigenvalue weighted by molar-refractivity contribution is 6.09. The van der Waals surface area contributed by atoms with E-state index < -0.39 is 17.5 Å². The van der Waals surface area contributed by atoms with E-state index in [-0.39, 0.29) is 11.7 Å². The Labute approximate surface area is 186 Å². The van der Waals surface area contributed by atoms with Crippen LogP contribution >= 0.6 is 0 Å². The highest BCUT2D eigenvalue weighted by Gasteiger charge is 2.43. The van der Waals surface area contributed by atoms with Crippen molar-refractivity contribution >= 4 is 34.4 Å². The Kier molecular flexibility index (Phi) is 4.67. The Balaban J connectivity index is 1.43. The largest absolute Gasteiger partial charge is 0.355 e. The molecule has 2 heterocycles. The molecule has 1 saturated heterocycles. The number of carbonyl (C=O) groups is 3. The van der Waals surface area contributed by atoms with E-state index >= 15 is 0 Å². The zero-order valence-electron chi connectivity index (χ0n) is 17.3. The molecule has 0 spiro atoms. The predicted molar refractivity (Wildman–Crippen MR) is 118 cm³/mol. The Morgan fingerprint density at radius 2 is 1.85 bits per heavy atom. The minimum absolute atomic E-state index is 0.359. The molecule has 4 amide bonds. The molecule has 3 N–H and O–H groups in total. The number of halogens is 1. The number of amides is 4. The Morgan fingerprint density at radius 1 is 1.06 bits per heavy atom. The Morgan fingerprint density at radius 3 is 2.58 bits per heavy atom. The van der Waals surface area contributed by atoms with Crippen LogP contribution in [-0.4, -0.2) is 23.0 Å². The number of hydrogen-bond donors (Lipinski definition) is 3. The number of anilines is 1. The van der Waals surface area contributed by atoms with Gasteiger partial charge in [-0.05, 0) is 67.1 Å². The lowest BCUT2D eigenvalue weighted by Gasteiger charge is -2.21. The van der Waals surface area contributed by atoms with E-state index in [1.54, 1.807) is 61.5 Å². The molecule has 1 fully saturated rings. The second-order valence-corrected chi connectivity index (χ2v) is 7.82. The highest BCUT2D eigenvalue weighted by atomic mass is 19.1. The van der Waals surface area contributed by atoms with E-state index in [0.717, 1.165) is 0 Å². The number of aromatic nitrogens is 1. The average molecular weight is 444 g/mol. The fraction of sp³-hybridized carbons (Fsp3) is 0.0833. The minimum Gasteiger partial charge on any atom is -0.355 e. The van der Waals surface area contributed by atoms with Gasteiger partial charge in [0.2, 0.25) is 0 Å². The van der Waals surface area contributed by atoms with Crippen molar-refractivity contribution in [2.75, 3.05) is 5.32 Å². The van der Waals surface area contributed by atoms with Gasteiger partial charge in [0.05, 0.1) is 5.39 Å². The van der Waals surface area contributed by atoms with Gasteiger partial charge < -0.3 is 15.2 Å². The lowest BCUT2D eigenvalue weighted by atomic mass is 9.92. The van der Waals surface area contributed by atoms with Gasteiger partial charge >= 0.3 is 6.03 Å². The second kappa shape index (κ2) is 7.56. The van der Waals surface area contributed by atoms with Crippen molar-refractivity contribution in [2.45, 2.75) is 12.5 Å². The molecule has 1 unspecified atom stereocenters. The third-order valence-corrected chi connectivity index (χ3v) is 5.59.